The molecular weight excluding hydrogens is 401 g/mol. The van der Waals surface area contributed by atoms with E-state index in [-0.39, 0.29) is 24.0 Å². The van der Waals surface area contributed by atoms with Crippen molar-refractivity contribution < 1.29 is 4.74 Å². The first-order valence-electron chi connectivity index (χ1n) is 8.30. The van der Waals surface area contributed by atoms with Crippen LogP contribution in [0, 0.1) is 0 Å². The molecule has 2 N–H and O–H groups in total. The highest BCUT2D eigenvalue weighted by Gasteiger charge is 2.43. The second-order valence-electron chi connectivity index (χ2n) is 6.05. The molecule has 1 saturated carbocycles. The van der Waals surface area contributed by atoms with E-state index in [1.165, 1.54) is 24.8 Å². The van der Waals surface area contributed by atoms with Crippen LogP contribution in [0.2, 0.25) is 0 Å². The van der Waals surface area contributed by atoms with E-state index in [1.807, 2.05) is 7.05 Å². The van der Waals surface area contributed by atoms with Crippen LogP contribution in [0.25, 0.3) is 0 Å². The number of hydrogen-bond donors (Lipinski definition) is 2. The Hall–Kier alpha value is -0.820. The first-order valence-corrected chi connectivity index (χ1v) is 8.30. The van der Waals surface area contributed by atoms with Gasteiger partial charge in [-0.3, -0.25) is 4.99 Å². The summed E-state index contributed by atoms with van der Waals surface area (Å²) in [6.45, 7) is 2.77. The van der Waals surface area contributed by atoms with Crippen molar-refractivity contribution in [3.05, 3.63) is 35.9 Å². The van der Waals surface area contributed by atoms with Crippen molar-refractivity contribution in [2.75, 3.05) is 33.9 Å². The normalized spacial score (nSPS) is 15.7. The maximum Gasteiger partial charge on any atom is 0.191 e. The third-order valence-electron chi connectivity index (χ3n) is 4.38. The van der Waals surface area contributed by atoms with Crippen molar-refractivity contribution in [1.29, 1.82) is 0 Å². The third-order valence-corrected chi connectivity index (χ3v) is 4.38. The molecule has 0 radical (unpaired) electrons. The van der Waals surface area contributed by atoms with Gasteiger partial charge in [0.25, 0.3) is 0 Å². The largest absolute Gasteiger partial charge is 0.385 e. The fraction of sp³-hybridized carbons (Fsp3) is 0.611. The Morgan fingerprint density at radius 1 is 1.13 bits per heavy atom. The molecule has 1 fully saturated rings. The van der Waals surface area contributed by atoms with Gasteiger partial charge in [-0.15, -0.1) is 24.0 Å². The maximum absolute atomic E-state index is 5.06. The van der Waals surface area contributed by atoms with Crippen molar-refractivity contribution >= 4 is 29.9 Å². The minimum atomic E-state index is 0. The van der Waals surface area contributed by atoms with Crippen molar-refractivity contribution in [3.63, 3.8) is 0 Å². The minimum absolute atomic E-state index is 0. The van der Waals surface area contributed by atoms with Crippen LogP contribution in [-0.2, 0) is 10.2 Å². The number of guanidine groups is 1. The molecule has 1 aliphatic rings. The Kier molecular flexibility index (Phi) is 9.55. The van der Waals surface area contributed by atoms with Crippen LogP contribution in [0.5, 0.6) is 0 Å². The van der Waals surface area contributed by atoms with Gasteiger partial charge in [0, 0.05) is 39.3 Å². The summed E-state index contributed by atoms with van der Waals surface area (Å²) in [6.07, 6.45) is 5.98. The van der Waals surface area contributed by atoms with Crippen LogP contribution >= 0.6 is 24.0 Å². The minimum Gasteiger partial charge on any atom is -0.385 e. The molecule has 0 spiro atoms. The summed E-state index contributed by atoms with van der Waals surface area (Å²) in [5, 5.41) is 6.88. The average Bonchev–Trinajstić information content (AvgIpc) is 3.35. The van der Waals surface area contributed by atoms with Crippen LogP contribution in [0.3, 0.4) is 0 Å². The van der Waals surface area contributed by atoms with Crippen molar-refractivity contribution in [3.8, 4) is 0 Å². The lowest BCUT2D eigenvalue weighted by molar-refractivity contribution is 0.192. The van der Waals surface area contributed by atoms with Crippen molar-refractivity contribution in [2.45, 2.75) is 37.5 Å². The molecule has 0 aromatic heterocycles. The molecule has 0 amide bonds. The van der Waals surface area contributed by atoms with Gasteiger partial charge in [0.05, 0.1) is 0 Å². The SMILES string of the molecule is CN=C(NCCCCCOC)NCC1(c2ccccc2)CC1.I. The van der Waals surface area contributed by atoms with Crippen molar-refractivity contribution in [2.24, 2.45) is 4.99 Å². The summed E-state index contributed by atoms with van der Waals surface area (Å²) in [5.74, 6) is 0.911. The second-order valence-corrected chi connectivity index (χ2v) is 6.05. The first-order chi connectivity index (χ1) is 10.8. The number of aliphatic imine (C=N–C) groups is 1. The molecule has 2 rings (SSSR count). The lowest BCUT2D eigenvalue weighted by atomic mass is 9.96. The number of unbranched alkanes of at least 4 members (excludes halogenated alkanes) is 2. The molecule has 4 nitrogen and oxygen atoms in total. The van der Waals surface area contributed by atoms with Gasteiger partial charge in [-0.25, -0.2) is 0 Å². The van der Waals surface area contributed by atoms with E-state index in [2.05, 4.69) is 46.0 Å². The predicted molar refractivity (Wildman–Crippen MR) is 108 cm³/mol. The smallest absolute Gasteiger partial charge is 0.191 e. The molecule has 23 heavy (non-hydrogen) atoms. The molecule has 1 aromatic rings. The lowest BCUT2D eigenvalue weighted by Gasteiger charge is -2.19. The standard InChI is InChI=1S/C18H29N3O.HI/c1-19-17(20-13-7-4-8-14-22-2)21-15-18(11-12-18)16-9-5-3-6-10-16;/h3,5-6,9-10H,4,7-8,11-15H2,1-2H3,(H2,19,20,21);1H. The van der Waals surface area contributed by atoms with Gasteiger partial charge in [0.15, 0.2) is 5.96 Å². The summed E-state index contributed by atoms with van der Waals surface area (Å²) < 4.78 is 5.06. The molecular formula is C18H30IN3O. The zero-order chi connectivity index (χ0) is 15.7. The highest BCUT2D eigenvalue weighted by atomic mass is 127. The molecule has 1 aliphatic carbocycles. The number of nitrogens with zero attached hydrogens (tertiary/aromatic N) is 1. The van der Waals surface area contributed by atoms with E-state index in [1.54, 1.807) is 7.11 Å². The number of benzene rings is 1. The fourth-order valence-electron chi connectivity index (χ4n) is 2.74. The molecule has 5 heteroatoms. The highest BCUT2D eigenvalue weighted by Crippen LogP contribution is 2.47. The summed E-state index contributed by atoms with van der Waals surface area (Å²) >= 11 is 0. The van der Waals surface area contributed by atoms with E-state index < -0.39 is 0 Å². The Bertz CT molecular complexity index is 461. The fourth-order valence-corrected chi connectivity index (χ4v) is 2.74. The van der Waals surface area contributed by atoms with E-state index in [0.29, 0.717) is 5.41 Å². The number of hydrogen-bond acceptors (Lipinski definition) is 2. The van der Waals surface area contributed by atoms with E-state index in [0.717, 1.165) is 38.5 Å². The van der Waals surface area contributed by atoms with Crippen LogP contribution in [0.15, 0.2) is 35.3 Å². The van der Waals surface area contributed by atoms with Gasteiger partial charge in [-0.2, -0.15) is 0 Å². The number of rotatable bonds is 9. The molecule has 0 saturated heterocycles. The number of methoxy groups -OCH3 is 1. The van der Waals surface area contributed by atoms with Crippen LogP contribution in [0.1, 0.15) is 37.7 Å². The Morgan fingerprint density at radius 3 is 2.48 bits per heavy atom. The van der Waals surface area contributed by atoms with Gasteiger partial charge in [0.1, 0.15) is 0 Å². The van der Waals surface area contributed by atoms with Gasteiger partial charge in [-0.05, 0) is 37.7 Å². The van der Waals surface area contributed by atoms with E-state index in [4.69, 9.17) is 4.74 Å². The van der Waals surface area contributed by atoms with E-state index >= 15 is 0 Å². The molecule has 0 unspecified atom stereocenters. The van der Waals surface area contributed by atoms with Crippen LogP contribution in [-0.4, -0.2) is 39.8 Å². The highest BCUT2D eigenvalue weighted by molar-refractivity contribution is 14.0. The van der Waals surface area contributed by atoms with E-state index in [9.17, 15) is 0 Å². The summed E-state index contributed by atoms with van der Waals surface area (Å²) in [5.41, 5.74) is 1.76. The Labute approximate surface area is 157 Å². The Morgan fingerprint density at radius 2 is 1.87 bits per heavy atom. The first kappa shape index (κ1) is 20.2. The molecule has 0 bridgehead atoms. The molecule has 0 atom stereocenters. The topological polar surface area (TPSA) is 45.7 Å². The molecule has 1 aromatic carbocycles. The Balaban J connectivity index is 0.00000264. The number of ether oxygens (including phenoxy) is 1. The van der Waals surface area contributed by atoms with Gasteiger partial charge in [0.2, 0.25) is 0 Å². The van der Waals surface area contributed by atoms with Gasteiger partial charge < -0.3 is 15.4 Å². The zero-order valence-corrected chi connectivity index (χ0v) is 16.6. The predicted octanol–water partition coefficient (Wildman–Crippen LogP) is 3.32. The van der Waals surface area contributed by atoms with Crippen LogP contribution < -0.4 is 10.6 Å². The molecule has 0 aliphatic heterocycles. The van der Waals surface area contributed by atoms with Crippen molar-refractivity contribution in [1.82, 2.24) is 10.6 Å². The zero-order valence-electron chi connectivity index (χ0n) is 14.3. The molecule has 130 valence electrons. The number of halogens is 1. The summed E-state index contributed by atoms with van der Waals surface area (Å²) in [6, 6.07) is 10.8. The quantitative estimate of drug-likeness (QED) is 0.273. The number of nitrogens with one attached hydrogen (secondary N) is 2. The maximum atomic E-state index is 5.06. The second kappa shape index (κ2) is 10.9. The molecule has 0 heterocycles. The summed E-state index contributed by atoms with van der Waals surface area (Å²) in [7, 11) is 3.59. The lowest BCUT2D eigenvalue weighted by Crippen LogP contribution is -2.41. The van der Waals surface area contributed by atoms with Crippen LogP contribution in [0.4, 0.5) is 0 Å². The third kappa shape index (κ3) is 6.67. The average molecular weight is 431 g/mol. The summed E-state index contributed by atoms with van der Waals surface area (Å²) in [4.78, 5) is 4.32. The van der Waals surface area contributed by atoms with Gasteiger partial charge in [-0.1, -0.05) is 30.3 Å². The monoisotopic (exact) mass is 431 g/mol. The van der Waals surface area contributed by atoms with Gasteiger partial charge >= 0.3 is 0 Å².